The lowest BCUT2D eigenvalue weighted by Gasteiger charge is -2.29. The molecule has 1 aromatic carbocycles. The van der Waals surface area contributed by atoms with E-state index in [9.17, 15) is 0 Å². The molecule has 102 valence electrons. The summed E-state index contributed by atoms with van der Waals surface area (Å²) in [6.45, 7) is 4.49. The Morgan fingerprint density at radius 2 is 2.00 bits per heavy atom. The van der Waals surface area contributed by atoms with Crippen LogP contribution in [-0.2, 0) is 6.42 Å². The van der Waals surface area contributed by atoms with Crippen LogP contribution in [-0.4, -0.2) is 13.1 Å². The third-order valence-electron chi connectivity index (χ3n) is 4.54. The van der Waals surface area contributed by atoms with Crippen molar-refractivity contribution in [1.82, 2.24) is 5.32 Å². The van der Waals surface area contributed by atoms with Crippen molar-refractivity contribution in [2.45, 2.75) is 39.0 Å². The van der Waals surface area contributed by atoms with E-state index >= 15 is 0 Å². The van der Waals surface area contributed by atoms with E-state index in [2.05, 4.69) is 41.9 Å². The Hall–Kier alpha value is -0.860. The summed E-state index contributed by atoms with van der Waals surface area (Å²) in [6, 6.07) is 8.85. The van der Waals surface area contributed by atoms with Gasteiger partial charge in [0.2, 0.25) is 0 Å². The summed E-state index contributed by atoms with van der Waals surface area (Å²) >= 11 is 1.90. The fourth-order valence-corrected chi connectivity index (χ4v) is 4.47. The van der Waals surface area contributed by atoms with Crippen LogP contribution in [0, 0.1) is 5.41 Å². The largest absolute Gasteiger partial charge is 0.316 e. The highest BCUT2D eigenvalue weighted by Gasteiger charge is 2.33. The van der Waals surface area contributed by atoms with E-state index in [4.69, 9.17) is 0 Å². The van der Waals surface area contributed by atoms with Crippen LogP contribution in [0.2, 0.25) is 0 Å². The van der Waals surface area contributed by atoms with Gasteiger partial charge >= 0.3 is 0 Å². The summed E-state index contributed by atoms with van der Waals surface area (Å²) in [5, 5.41) is 7.46. The minimum atomic E-state index is 0.514. The minimum absolute atomic E-state index is 0.514. The minimum Gasteiger partial charge on any atom is -0.316 e. The molecule has 0 atom stereocenters. The number of rotatable bonds is 5. The third-order valence-corrected chi connectivity index (χ3v) is 5.55. The van der Waals surface area contributed by atoms with E-state index in [0.29, 0.717) is 5.41 Å². The Morgan fingerprint density at radius 1 is 1.21 bits per heavy atom. The number of hydrogen-bond acceptors (Lipinski definition) is 2. The van der Waals surface area contributed by atoms with Crippen LogP contribution in [0.3, 0.4) is 0 Å². The van der Waals surface area contributed by atoms with Gasteiger partial charge in [-0.15, -0.1) is 11.3 Å². The van der Waals surface area contributed by atoms with Gasteiger partial charge in [-0.05, 0) is 53.6 Å². The molecule has 1 aromatic heterocycles. The van der Waals surface area contributed by atoms with Crippen LogP contribution in [0.5, 0.6) is 0 Å². The molecule has 19 heavy (non-hydrogen) atoms. The normalized spacial score (nSPS) is 18.2. The molecule has 0 aliphatic heterocycles. The molecule has 1 heterocycles. The van der Waals surface area contributed by atoms with Crippen molar-refractivity contribution in [3.8, 4) is 0 Å². The zero-order valence-electron chi connectivity index (χ0n) is 11.7. The third kappa shape index (κ3) is 2.70. The fourth-order valence-electron chi connectivity index (χ4n) is 3.50. The molecule has 0 bridgehead atoms. The second-order valence-corrected chi connectivity index (χ2v) is 6.83. The molecule has 0 spiro atoms. The second kappa shape index (κ2) is 5.64. The van der Waals surface area contributed by atoms with Gasteiger partial charge in [0.05, 0.1) is 0 Å². The maximum atomic E-state index is 3.59. The molecular weight excluding hydrogens is 250 g/mol. The van der Waals surface area contributed by atoms with Crippen LogP contribution >= 0.6 is 11.3 Å². The molecule has 0 saturated heterocycles. The van der Waals surface area contributed by atoms with Gasteiger partial charge in [-0.2, -0.15) is 0 Å². The average molecular weight is 273 g/mol. The van der Waals surface area contributed by atoms with E-state index in [0.717, 1.165) is 6.54 Å². The first-order chi connectivity index (χ1) is 9.33. The SMILES string of the molecule is CCNCC1(Cc2csc3ccccc23)CCCC1. The Kier molecular flexibility index (Phi) is 3.90. The Morgan fingerprint density at radius 3 is 2.79 bits per heavy atom. The average Bonchev–Trinajstić information content (AvgIpc) is 3.06. The molecule has 2 heteroatoms. The zero-order valence-corrected chi connectivity index (χ0v) is 12.6. The molecule has 0 amide bonds. The predicted molar refractivity (Wildman–Crippen MR) is 85.0 cm³/mol. The van der Waals surface area contributed by atoms with Gasteiger partial charge in [-0.25, -0.2) is 0 Å². The predicted octanol–water partition coefficient (Wildman–Crippen LogP) is 4.61. The van der Waals surface area contributed by atoms with Crippen molar-refractivity contribution >= 4 is 21.4 Å². The monoisotopic (exact) mass is 273 g/mol. The quantitative estimate of drug-likeness (QED) is 0.838. The van der Waals surface area contributed by atoms with Crippen molar-refractivity contribution in [2.24, 2.45) is 5.41 Å². The Balaban J connectivity index is 1.85. The first kappa shape index (κ1) is 13.1. The van der Waals surface area contributed by atoms with E-state index in [1.165, 1.54) is 48.7 Å². The van der Waals surface area contributed by atoms with Crippen LogP contribution in [0.15, 0.2) is 29.6 Å². The number of benzene rings is 1. The second-order valence-electron chi connectivity index (χ2n) is 5.92. The lowest BCUT2D eigenvalue weighted by molar-refractivity contribution is 0.281. The van der Waals surface area contributed by atoms with Crippen molar-refractivity contribution < 1.29 is 0 Å². The highest BCUT2D eigenvalue weighted by atomic mass is 32.1. The number of nitrogens with one attached hydrogen (secondary N) is 1. The summed E-state index contributed by atoms with van der Waals surface area (Å²) in [5.41, 5.74) is 2.08. The van der Waals surface area contributed by atoms with Gasteiger partial charge in [0, 0.05) is 11.2 Å². The highest BCUT2D eigenvalue weighted by molar-refractivity contribution is 7.17. The molecule has 1 aliphatic rings. The van der Waals surface area contributed by atoms with Gasteiger partial charge in [-0.3, -0.25) is 0 Å². The molecule has 1 nitrogen and oxygen atoms in total. The standard InChI is InChI=1S/C17H23NS/c1-2-18-13-17(9-5-6-10-17)11-14-12-19-16-8-4-3-7-15(14)16/h3-4,7-8,12,18H,2,5-6,9-11,13H2,1H3. The molecule has 1 aliphatic carbocycles. The van der Waals surface area contributed by atoms with Gasteiger partial charge in [0.1, 0.15) is 0 Å². The number of fused-ring (bicyclic) bond motifs is 1. The Labute approximate surface area is 120 Å². The van der Waals surface area contributed by atoms with Crippen molar-refractivity contribution in [3.05, 3.63) is 35.2 Å². The molecule has 0 unspecified atom stereocenters. The van der Waals surface area contributed by atoms with Crippen LogP contribution in [0.4, 0.5) is 0 Å². The summed E-state index contributed by atoms with van der Waals surface area (Å²) in [5.74, 6) is 0. The maximum absolute atomic E-state index is 3.59. The van der Waals surface area contributed by atoms with Crippen molar-refractivity contribution in [2.75, 3.05) is 13.1 Å². The van der Waals surface area contributed by atoms with Gasteiger partial charge < -0.3 is 5.32 Å². The molecule has 1 N–H and O–H groups in total. The molecular formula is C17H23NS. The van der Waals surface area contributed by atoms with Gasteiger partial charge in [0.15, 0.2) is 0 Å². The van der Waals surface area contributed by atoms with Crippen LogP contribution in [0.25, 0.3) is 10.1 Å². The lowest BCUT2D eigenvalue weighted by atomic mass is 9.80. The van der Waals surface area contributed by atoms with E-state index in [1.807, 2.05) is 11.3 Å². The van der Waals surface area contributed by atoms with Gasteiger partial charge in [-0.1, -0.05) is 38.0 Å². The summed E-state index contributed by atoms with van der Waals surface area (Å²) in [7, 11) is 0. The molecule has 1 saturated carbocycles. The van der Waals surface area contributed by atoms with E-state index in [-0.39, 0.29) is 0 Å². The molecule has 0 radical (unpaired) electrons. The van der Waals surface area contributed by atoms with Gasteiger partial charge in [0.25, 0.3) is 0 Å². The van der Waals surface area contributed by atoms with Crippen LogP contribution in [0.1, 0.15) is 38.2 Å². The molecule has 2 aromatic rings. The first-order valence-corrected chi connectivity index (χ1v) is 8.37. The van der Waals surface area contributed by atoms with E-state index < -0.39 is 0 Å². The maximum Gasteiger partial charge on any atom is 0.0345 e. The molecule has 3 rings (SSSR count). The summed E-state index contributed by atoms with van der Waals surface area (Å²) in [4.78, 5) is 0. The summed E-state index contributed by atoms with van der Waals surface area (Å²) < 4.78 is 1.44. The first-order valence-electron chi connectivity index (χ1n) is 7.49. The summed E-state index contributed by atoms with van der Waals surface area (Å²) in [6.07, 6.45) is 6.86. The number of thiophene rings is 1. The Bertz CT molecular complexity index is 537. The fraction of sp³-hybridized carbons (Fsp3) is 0.529. The van der Waals surface area contributed by atoms with Crippen molar-refractivity contribution in [3.63, 3.8) is 0 Å². The smallest absolute Gasteiger partial charge is 0.0345 e. The lowest BCUT2D eigenvalue weighted by Crippen LogP contribution is -2.33. The molecule has 1 fully saturated rings. The number of hydrogen-bond donors (Lipinski definition) is 1. The highest BCUT2D eigenvalue weighted by Crippen LogP contribution is 2.42. The zero-order chi connectivity index (χ0) is 13.1. The van der Waals surface area contributed by atoms with Crippen molar-refractivity contribution in [1.29, 1.82) is 0 Å². The van der Waals surface area contributed by atoms with E-state index in [1.54, 1.807) is 5.56 Å². The topological polar surface area (TPSA) is 12.0 Å². The van der Waals surface area contributed by atoms with Crippen LogP contribution < -0.4 is 5.32 Å².